The van der Waals surface area contributed by atoms with Crippen LogP contribution in [0.15, 0.2) is 23.3 Å². The standard InChI is InChI=1S/C21H33N/c1-14(22)17-9-10-18-16-8-7-15-6-4-5-12-20(15,2)19(16)11-13-21(17,18)3/h7,9,14,16,18-19H,4-6,8,10-13,22H2,1-3H3/t14?,16-,18-,19-,20-,21+/m0/s1. The Kier molecular flexibility index (Phi) is 3.39. The zero-order valence-electron chi connectivity index (χ0n) is 14.7. The van der Waals surface area contributed by atoms with Crippen LogP contribution in [0.3, 0.4) is 0 Å². The summed E-state index contributed by atoms with van der Waals surface area (Å²) < 4.78 is 0. The molecule has 4 aliphatic carbocycles. The lowest BCUT2D eigenvalue weighted by molar-refractivity contribution is -0.0180. The molecule has 6 atom stereocenters. The van der Waals surface area contributed by atoms with Crippen molar-refractivity contribution in [2.24, 2.45) is 34.3 Å². The molecule has 2 fully saturated rings. The van der Waals surface area contributed by atoms with Gasteiger partial charge < -0.3 is 5.73 Å². The zero-order chi connectivity index (χ0) is 15.5. The molecule has 0 spiro atoms. The van der Waals surface area contributed by atoms with Gasteiger partial charge in [-0.1, -0.05) is 43.6 Å². The van der Waals surface area contributed by atoms with E-state index in [1.807, 2.05) is 5.57 Å². The van der Waals surface area contributed by atoms with E-state index in [1.165, 1.54) is 51.4 Å². The molecule has 22 heavy (non-hydrogen) atoms. The highest BCUT2D eigenvalue weighted by Gasteiger charge is 2.56. The van der Waals surface area contributed by atoms with Gasteiger partial charge in [-0.25, -0.2) is 0 Å². The van der Waals surface area contributed by atoms with Crippen LogP contribution in [0.25, 0.3) is 0 Å². The van der Waals surface area contributed by atoms with Gasteiger partial charge in [-0.05, 0) is 80.5 Å². The zero-order valence-corrected chi connectivity index (χ0v) is 14.7. The summed E-state index contributed by atoms with van der Waals surface area (Å²) in [6, 6.07) is 0.242. The van der Waals surface area contributed by atoms with Crippen LogP contribution in [0.4, 0.5) is 0 Å². The van der Waals surface area contributed by atoms with Crippen molar-refractivity contribution in [3.05, 3.63) is 23.3 Å². The topological polar surface area (TPSA) is 26.0 Å². The lowest BCUT2D eigenvalue weighted by Gasteiger charge is -2.57. The Bertz CT molecular complexity index is 528. The molecule has 0 heterocycles. The number of fused-ring (bicyclic) bond motifs is 5. The van der Waals surface area contributed by atoms with Crippen LogP contribution in [-0.4, -0.2) is 6.04 Å². The maximum atomic E-state index is 6.31. The maximum Gasteiger partial charge on any atom is 0.0230 e. The summed E-state index contributed by atoms with van der Waals surface area (Å²) >= 11 is 0. The Morgan fingerprint density at radius 2 is 1.86 bits per heavy atom. The smallest absolute Gasteiger partial charge is 0.0230 e. The summed E-state index contributed by atoms with van der Waals surface area (Å²) in [6.45, 7) is 7.32. The van der Waals surface area contributed by atoms with Gasteiger partial charge in [0.25, 0.3) is 0 Å². The van der Waals surface area contributed by atoms with Crippen LogP contribution in [0.2, 0.25) is 0 Å². The average molecular weight is 300 g/mol. The van der Waals surface area contributed by atoms with E-state index >= 15 is 0 Å². The third-order valence-electron chi connectivity index (χ3n) is 8.15. The largest absolute Gasteiger partial charge is 0.324 e. The maximum absolute atomic E-state index is 6.31. The lowest BCUT2D eigenvalue weighted by Crippen LogP contribution is -2.50. The number of hydrogen-bond donors (Lipinski definition) is 1. The molecule has 0 aliphatic heterocycles. The van der Waals surface area contributed by atoms with Gasteiger partial charge in [0, 0.05) is 6.04 Å². The number of nitrogens with two attached hydrogens (primary N) is 1. The van der Waals surface area contributed by atoms with E-state index in [4.69, 9.17) is 5.73 Å². The predicted octanol–water partition coefficient (Wildman–Crippen LogP) is 5.22. The molecular formula is C21H33N. The third kappa shape index (κ3) is 1.87. The lowest BCUT2D eigenvalue weighted by atomic mass is 9.47. The summed E-state index contributed by atoms with van der Waals surface area (Å²) in [7, 11) is 0. The molecule has 2 N–H and O–H groups in total. The van der Waals surface area contributed by atoms with E-state index in [0.717, 1.165) is 17.8 Å². The Labute approximate surface area is 136 Å². The highest BCUT2D eigenvalue weighted by molar-refractivity contribution is 5.31. The minimum atomic E-state index is 0.242. The van der Waals surface area contributed by atoms with Gasteiger partial charge in [-0.15, -0.1) is 0 Å². The van der Waals surface area contributed by atoms with E-state index in [2.05, 4.69) is 32.9 Å². The van der Waals surface area contributed by atoms with E-state index in [0.29, 0.717) is 10.8 Å². The van der Waals surface area contributed by atoms with Crippen molar-refractivity contribution < 1.29 is 0 Å². The average Bonchev–Trinajstić information content (AvgIpc) is 2.84. The molecule has 0 amide bonds. The molecule has 2 saturated carbocycles. The van der Waals surface area contributed by atoms with Crippen LogP contribution in [0, 0.1) is 28.6 Å². The molecule has 0 saturated heterocycles. The summed E-state index contributed by atoms with van der Waals surface area (Å²) in [4.78, 5) is 0. The Balaban J connectivity index is 1.67. The van der Waals surface area contributed by atoms with Crippen LogP contribution in [-0.2, 0) is 0 Å². The molecule has 0 bridgehead atoms. The monoisotopic (exact) mass is 299 g/mol. The normalized spacial score (nSPS) is 48.6. The van der Waals surface area contributed by atoms with Gasteiger partial charge in [0.05, 0.1) is 0 Å². The quantitative estimate of drug-likeness (QED) is 0.660. The number of allylic oxidation sites excluding steroid dienone is 3. The van der Waals surface area contributed by atoms with Crippen molar-refractivity contribution in [2.75, 3.05) is 0 Å². The molecule has 1 unspecified atom stereocenters. The molecule has 1 nitrogen and oxygen atoms in total. The van der Waals surface area contributed by atoms with Gasteiger partial charge in [-0.2, -0.15) is 0 Å². The van der Waals surface area contributed by atoms with E-state index < -0.39 is 0 Å². The molecule has 0 radical (unpaired) electrons. The number of hydrogen-bond acceptors (Lipinski definition) is 1. The predicted molar refractivity (Wildman–Crippen MR) is 93.4 cm³/mol. The second-order valence-corrected chi connectivity index (χ2v) is 9.11. The van der Waals surface area contributed by atoms with Crippen molar-refractivity contribution in [2.45, 2.75) is 78.2 Å². The second kappa shape index (κ2) is 4.97. The summed E-state index contributed by atoms with van der Waals surface area (Å²) in [5.41, 5.74) is 10.6. The molecule has 0 aromatic carbocycles. The van der Waals surface area contributed by atoms with Crippen molar-refractivity contribution in [1.29, 1.82) is 0 Å². The Morgan fingerprint density at radius 1 is 1.05 bits per heavy atom. The molecule has 1 heteroatoms. The van der Waals surface area contributed by atoms with Crippen LogP contribution >= 0.6 is 0 Å². The minimum absolute atomic E-state index is 0.242. The summed E-state index contributed by atoms with van der Waals surface area (Å²) in [5, 5.41) is 0. The first-order chi connectivity index (χ1) is 10.5. The van der Waals surface area contributed by atoms with Crippen molar-refractivity contribution in [3.63, 3.8) is 0 Å². The first kappa shape index (κ1) is 15.0. The second-order valence-electron chi connectivity index (χ2n) is 9.11. The molecule has 0 aromatic heterocycles. The van der Waals surface area contributed by atoms with Crippen LogP contribution in [0.5, 0.6) is 0 Å². The first-order valence-electron chi connectivity index (χ1n) is 9.62. The first-order valence-corrected chi connectivity index (χ1v) is 9.62. The SMILES string of the molecule is CC(N)C1=CC[C@H]2[C@@H]3CC=C4CCCC[C@]4(C)[C@H]3CC[C@]12C. The van der Waals surface area contributed by atoms with Gasteiger partial charge in [-0.3, -0.25) is 0 Å². The number of rotatable bonds is 1. The minimum Gasteiger partial charge on any atom is -0.324 e. The fourth-order valence-electron chi connectivity index (χ4n) is 7.00. The summed E-state index contributed by atoms with van der Waals surface area (Å²) in [5.74, 6) is 2.69. The Morgan fingerprint density at radius 3 is 2.64 bits per heavy atom. The van der Waals surface area contributed by atoms with Crippen LogP contribution in [0.1, 0.15) is 72.1 Å². The van der Waals surface area contributed by atoms with Crippen molar-refractivity contribution in [1.82, 2.24) is 0 Å². The highest BCUT2D eigenvalue weighted by Crippen LogP contribution is 2.65. The molecule has 122 valence electrons. The van der Waals surface area contributed by atoms with Gasteiger partial charge in [0.1, 0.15) is 0 Å². The third-order valence-corrected chi connectivity index (χ3v) is 8.15. The molecule has 4 rings (SSSR count). The summed E-state index contributed by atoms with van der Waals surface area (Å²) in [6.07, 6.45) is 16.3. The van der Waals surface area contributed by atoms with Gasteiger partial charge in [0.15, 0.2) is 0 Å². The molecular weight excluding hydrogens is 266 g/mol. The van der Waals surface area contributed by atoms with E-state index in [-0.39, 0.29) is 6.04 Å². The van der Waals surface area contributed by atoms with E-state index in [9.17, 15) is 0 Å². The van der Waals surface area contributed by atoms with Gasteiger partial charge >= 0.3 is 0 Å². The highest BCUT2D eigenvalue weighted by atomic mass is 14.7. The fourth-order valence-corrected chi connectivity index (χ4v) is 7.00. The van der Waals surface area contributed by atoms with Crippen molar-refractivity contribution in [3.8, 4) is 0 Å². The van der Waals surface area contributed by atoms with Crippen molar-refractivity contribution >= 4 is 0 Å². The Hall–Kier alpha value is -0.560. The van der Waals surface area contributed by atoms with Crippen LogP contribution < -0.4 is 5.73 Å². The van der Waals surface area contributed by atoms with E-state index in [1.54, 1.807) is 5.57 Å². The fraction of sp³-hybridized carbons (Fsp3) is 0.810. The molecule has 0 aromatic rings. The van der Waals surface area contributed by atoms with Gasteiger partial charge in [0.2, 0.25) is 0 Å². The molecule has 4 aliphatic rings.